The van der Waals surface area contributed by atoms with Crippen LogP contribution in [0.1, 0.15) is 28.4 Å². The van der Waals surface area contributed by atoms with Crippen LogP contribution in [-0.4, -0.2) is 28.6 Å². The summed E-state index contributed by atoms with van der Waals surface area (Å²) in [5, 5.41) is 3.00. The Morgan fingerprint density at radius 1 is 1.13 bits per heavy atom. The fraction of sp³-hybridized carbons (Fsp3) is 0.250. The quantitative estimate of drug-likeness (QED) is 0.421. The Morgan fingerprint density at radius 2 is 1.97 bits per heavy atom. The molecule has 154 valence electrons. The number of rotatable bonds is 9. The second kappa shape index (κ2) is 9.31. The Hall–Kier alpha value is -3.54. The van der Waals surface area contributed by atoms with Gasteiger partial charge in [-0.05, 0) is 37.6 Å². The van der Waals surface area contributed by atoms with Gasteiger partial charge in [-0.3, -0.25) is 9.78 Å². The first-order chi connectivity index (χ1) is 14.7. The van der Waals surface area contributed by atoms with E-state index in [1.165, 1.54) is 0 Å². The average molecular weight is 403 g/mol. The van der Waals surface area contributed by atoms with Crippen LogP contribution in [0.15, 0.2) is 71.3 Å². The van der Waals surface area contributed by atoms with E-state index in [0.29, 0.717) is 31.8 Å². The summed E-state index contributed by atoms with van der Waals surface area (Å²) >= 11 is 0. The predicted octanol–water partition coefficient (Wildman–Crippen LogP) is 4.38. The highest BCUT2D eigenvalue weighted by atomic mass is 16.5. The van der Waals surface area contributed by atoms with Gasteiger partial charge in [-0.2, -0.15) is 0 Å². The number of nitrogens with zero attached hydrogens (tertiary/aromatic N) is 2. The third kappa shape index (κ3) is 4.71. The van der Waals surface area contributed by atoms with Crippen molar-refractivity contribution >= 4 is 17.0 Å². The second-order valence-corrected chi connectivity index (χ2v) is 7.13. The molecule has 0 saturated heterocycles. The zero-order valence-corrected chi connectivity index (χ0v) is 17.0. The minimum Gasteiger partial charge on any atom is -0.494 e. The number of ether oxygens (including phenoxy) is 1. The first-order valence-corrected chi connectivity index (χ1v) is 10.2. The highest BCUT2D eigenvalue weighted by Crippen LogP contribution is 2.24. The number of benzene rings is 1. The summed E-state index contributed by atoms with van der Waals surface area (Å²) in [4.78, 5) is 17.1. The van der Waals surface area contributed by atoms with Crippen LogP contribution in [0.5, 0.6) is 5.75 Å². The molecule has 1 amide bonds. The molecular formula is C24H25N3O3. The van der Waals surface area contributed by atoms with Gasteiger partial charge in [0.15, 0.2) is 5.58 Å². The molecule has 0 saturated carbocycles. The maximum Gasteiger partial charge on any atom is 0.268 e. The molecular weight excluding hydrogens is 378 g/mol. The van der Waals surface area contributed by atoms with Crippen LogP contribution in [-0.2, 0) is 13.0 Å². The first kappa shape index (κ1) is 19.8. The average Bonchev–Trinajstić information content (AvgIpc) is 3.29. The summed E-state index contributed by atoms with van der Waals surface area (Å²) in [5.41, 5.74) is 3.22. The fourth-order valence-corrected chi connectivity index (χ4v) is 3.46. The molecule has 0 atom stereocenters. The summed E-state index contributed by atoms with van der Waals surface area (Å²) in [6, 6.07) is 19.3. The van der Waals surface area contributed by atoms with Crippen molar-refractivity contribution in [2.75, 3.05) is 13.2 Å². The highest BCUT2D eigenvalue weighted by molar-refractivity contribution is 5.97. The molecule has 0 fully saturated rings. The van der Waals surface area contributed by atoms with Gasteiger partial charge >= 0.3 is 0 Å². The molecule has 3 aromatic heterocycles. The van der Waals surface area contributed by atoms with Crippen LogP contribution < -0.4 is 10.1 Å². The molecule has 1 N–H and O–H groups in total. The zero-order chi connectivity index (χ0) is 20.8. The summed E-state index contributed by atoms with van der Waals surface area (Å²) in [6.07, 6.45) is 3.22. The van der Waals surface area contributed by atoms with Crippen LogP contribution in [0.25, 0.3) is 11.1 Å². The number of hydrogen-bond donors (Lipinski definition) is 1. The van der Waals surface area contributed by atoms with E-state index in [4.69, 9.17) is 9.15 Å². The van der Waals surface area contributed by atoms with Crippen molar-refractivity contribution in [3.63, 3.8) is 0 Å². The standard InChI is InChI=1S/C24H25N3O3/c1-18-16-21-23(30-18)17-22(24(28)26-13-11-19-8-5-6-12-25-19)27(21)14-7-15-29-20-9-3-2-4-10-20/h2-6,8-10,12,16-17H,7,11,13-15H2,1H3,(H,26,28). The Balaban J connectivity index is 1.40. The van der Waals surface area contributed by atoms with E-state index in [0.717, 1.165) is 34.7 Å². The normalized spacial score (nSPS) is 11.0. The summed E-state index contributed by atoms with van der Waals surface area (Å²) in [7, 11) is 0. The number of pyridine rings is 1. The number of para-hydroxylation sites is 1. The van der Waals surface area contributed by atoms with Gasteiger partial charge in [0.2, 0.25) is 0 Å². The number of hydrogen-bond acceptors (Lipinski definition) is 4. The van der Waals surface area contributed by atoms with Crippen LogP contribution in [0, 0.1) is 6.92 Å². The summed E-state index contributed by atoms with van der Waals surface area (Å²) < 4.78 is 13.5. The predicted molar refractivity (Wildman–Crippen MR) is 116 cm³/mol. The summed E-state index contributed by atoms with van der Waals surface area (Å²) in [6.45, 7) is 3.67. The van der Waals surface area contributed by atoms with Gasteiger partial charge in [-0.15, -0.1) is 0 Å². The number of fused-ring (bicyclic) bond motifs is 1. The fourth-order valence-electron chi connectivity index (χ4n) is 3.46. The number of nitrogens with one attached hydrogen (secondary N) is 1. The van der Waals surface area contributed by atoms with Crippen LogP contribution in [0.4, 0.5) is 0 Å². The lowest BCUT2D eigenvalue weighted by atomic mass is 10.2. The van der Waals surface area contributed by atoms with Gasteiger partial charge < -0.3 is 19.0 Å². The van der Waals surface area contributed by atoms with E-state index >= 15 is 0 Å². The molecule has 0 aliphatic rings. The number of furan rings is 1. The third-order valence-electron chi connectivity index (χ3n) is 4.88. The minimum atomic E-state index is -0.112. The molecule has 4 aromatic rings. The molecule has 0 unspecified atom stereocenters. The third-order valence-corrected chi connectivity index (χ3v) is 4.88. The highest BCUT2D eigenvalue weighted by Gasteiger charge is 2.18. The van der Waals surface area contributed by atoms with Crippen LogP contribution in [0.3, 0.4) is 0 Å². The van der Waals surface area contributed by atoms with Crippen molar-refractivity contribution in [1.82, 2.24) is 14.9 Å². The maximum absolute atomic E-state index is 12.8. The van der Waals surface area contributed by atoms with Crippen molar-refractivity contribution in [1.29, 1.82) is 0 Å². The number of aryl methyl sites for hydroxylation is 2. The van der Waals surface area contributed by atoms with Gasteiger partial charge in [0, 0.05) is 43.5 Å². The Morgan fingerprint density at radius 3 is 2.77 bits per heavy atom. The molecule has 0 spiro atoms. The van der Waals surface area contributed by atoms with Gasteiger partial charge in [0.25, 0.3) is 5.91 Å². The van der Waals surface area contributed by atoms with Gasteiger partial charge in [0.05, 0.1) is 12.1 Å². The van der Waals surface area contributed by atoms with E-state index in [2.05, 4.69) is 10.3 Å². The molecule has 0 aliphatic carbocycles. The van der Waals surface area contributed by atoms with Crippen molar-refractivity contribution < 1.29 is 13.9 Å². The number of amides is 1. The number of carbonyl (C=O) groups excluding carboxylic acids is 1. The molecule has 0 bridgehead atoms. The van der Waals surface area contributed by atoms with Gasteiger partial charge in [-0.1, -0.05) is 24.3 Å². The lowest BCUT2D eigenvalue weighted by Crippen LogP contribution is -2.28. The SMILES string of the molecule is Cc1cc2c(cc(C(=O)NCCc3ccccn3)n2CCCOc2ccccc2)o1. The van der Waals surface area contributed by atoms with Crippen molar-refractivity contribution in [2.45, 2.75) is 26.3 Å². The molecule has 3 heterocycles. The molecule has 0 radical (unpaired) electrons. The van der Waals surface area contributed by atoms with Crippen molar-refractivity contribution in [2.24, 2.45) is 0 Å². The van der Waals surface area contributed by atoms with Crippen LogP contribution in [0.2, 0.25) is 0 Å². The molecule has 4 rings (SSSR count). The number of carbonyl (C=O) groups is 1. The molecule has 6 nitrogen and oxygen atoms in total. The lowest BCUT2D eigenvalue weighted by molar-refractivity contribution is 0.0944. The molecule has 0 aliphatic heterocycles. The molecule has 1 aromatic carbocycles. The smallest absolute Gasteiger partial charge is 0.268 e. The summed E-state index contributed by atoms with van der Waals surface area (Å²) in [5.74, 6) is 1.57. The van der Waals surface area contributed by atoms with E-state index in [-0.39, 0.29) is 5.91 Å². The van der Waals surface area contributed by atoms with Gasteiger partial charge in [0.1, 0.15) is 17.2 Å². The zero-order valence-electron chi connectivity index (χ0n) is 17.0. The van der Waals surface area contributed by atoms with E-state index < -0.39 is 0 Å². The van der Waals surface area contributed by atoms with E-state index in [1.807, 2.05) is 72.2 Å². The van der Waals surface area contributed by atoms with Crippen molar-refractivity contribution in [3.8, 4) is 5.75 Å². The van der Waals surface area contributed by atoms with E-state index in [1.54, 1.807) is 6.20 Å². The van der Waals surface area contributed by atoms with E-state index in [9.17, 15) is 4.79 Å². The van der Waals surface area contributed by atoms with Crippen LogP contribution >= 0.6 is 0 Å². The number of aromatic nitrogens is 2. The second-order valence-electron chi connectivity index (χ2n) is 7.13. The molecule has 30 heavy (non-hydrogen) atoms. The maximum atomic E-state index is 12.8. The topological polar surface area (TPSA) is 69.3 Å². The minimum absolute atomic E-state index is 0.112. The molecule has 6 heteroatoms. The Kier molecular flexibility index (Phi) is 6.13. The monoisotopic (exact) mass is 403 g/mol. The van der Waals surface area contributed by atoms with Gasteiger partial charge in [-0.25, -0.2) is 0 Å². The lowest BCUT2D eigenvalue weighted by Gasteiger charge is -2.11. The Labute approximate surface area is 175 Å². The largest absolute Gasteiger partial charge is 0.494 e. The Bertz CT molecular complexity index is 1100. The first-order valence-electron chi connectivity index (χ1n) is 10.2. The van der Waals surface area contributed by atoms with Crippen molar-refractivity contribution in [3.05, 3.63) is 84.0 Å².